The molecule has 32 heavy (non-hydrogen) atoms. The Morgan fingerprint density at radius 1 is 1.28 bits per heavy atom. The third-order valence-corrected chi connectivity index (χ3v) is 5.96. The van der Waals surface area contributed by atoms with E-state index < -0.39 is 35.0 Å². The molecule has 2 aliphatic rings. The predicted octanol–water partition coefficient (Wildman–Crippen LogP) is 1.80. The molecule has 2 atom stereocenters. The lowest BCUT2D eigenvalue weighted by Crippen LogP contribution is -2.59. The number of benzene rings is 1. The topological polar surface area (TPSA) is 94.9 Å². The number of fused-ring (bicyclic) bond motifs is 4. The molecule has 0 radical (unpaired) electrons. The molecule has 2 aromatic rings. The number of aromatic nitrogens is 1. The van der Waals surface area contributed by atoms with Gasteiger partial charge in [0, 0.05) is 24.3 Å². The number of halogens is 2. The van der Waals surface area contributed by atoms with Crippen molar-refractivity contribution in [2.75, 3.05) is 18.2 Å². The molecule has 4 rings (SSSR count). The van der Waals surface area contributed by atoms with Gasteiger partial charge in [0.1, 0.15) is 24.2 Å². The number of nitrogens with zero attached hydrogens (tertiary/aromatic N) is 3. The highest BCUT2D eigenvalue weighted by molar-refractivity contribution is 5.99. The van der Waals surface area contributed by atoms with Crippen molar-refractivity contribution in [3.8, 4) is 5.75 Å². The summed E-state index contributed by atoms with van der Waals surface area (Å²) in [6.07, 6.45) is 0.761. The summed E-state index contributed by atoms with van der Waals surface area (Å²) in [4.78, 5) is 39.5. The maximum atomic E-state index is 14.1. The Morgan fingerprint density at radius 2 is 2.03 bits per heavy atom. The molecule has 2 bridgehead atoms. The number of hydrogen-bond donors (Lipinski definition) is 2. The standard InChI is InChI=1S/C22H24F2N4O4/c1-12-3-5-14(17(24)7-12)8-25-21(31)16-10-27-18(20(30)19(16)29)22(32)26-9-15(23)6-4-13(2)28(27)11-26/h3,5,7,10,13,15,30H,4,6,8-9,11H2,1-2H3,(H,25,31)/t13-,15-/m1/s1. The number of alkyl halides is 1. The second-order valence-corrected chi connectivity index (χ2v) is 8.32. The Labute approximate surface area is 183 Å². The zero-order valence-corrected chi connectivity index (χ0v) is 17.8. The predicted molar refractivity (Wildman–Crippen MR) is 112 cm³/mol. The minimum atomic E-state index is -1.20. The van der Waals surface area contributed by atoms with E-state index in [0.717, 1.165) is 5.56 Å². The van der Waals surface area contributed by atoms with Gasteiger partial charge in [0.2, 0.25) is 5.43 Å². The quantitative estimate of drug-likeness (QED) is 0.750. The summed E-state index contributed by atoms with van der Waals surface area (Å²) < 4.78 is 29.5. The number of rotatable bonds is 3. The van der Waals surface area contributed by atoms with Gasteiger partial charge in [-0.1, -0.05) is 12.1 Å². The van der Waals surface area contributed by atoms with E-state index in [2.05, 4.69) is 5.32 Å². The summed E-state index contributed by atoms with van der Waals surface area (Å²) in [7, 11) is 0. The molecule has 1 saturated heterocycles. The lowest BCUT2D eigenvalue weighted by atomic mass is 10.1. The van der Waals surface area contributed by atoms with Crippen molar-refractivity contribution in [1.82, 2.24) is 14.9 Å². The summed E-state index contributed by atoms with van der Waals surface area (Å²) in [6, 6.07) is 4.36. The molecule has 10 heteroatoms. The maximum Gasteiger partial charge on any atom is 0.277 e. The van der Waals surface area contributed by atoms with Gasteiger partial charge in [-0.15, -0.1) is 0 Å². The minimum absolute atomic E-state index is 0.0609. The van der Waals surface area contributed by atoms with Crippen LogP contribution in [0.4, 0.5) is 8.78 Å². The second-order valence-electron chi connectivity index (χ2n) is 8.32. The zero-order chi connectivity index (χ0) is 23.2. The monoisotopic (exact) mass is 446 g/mol. The molecule has 1 fully saturated rings. The molecule has 0 spiro atoms. The lowest BCUT2D eigenvalue weighted by Gasteiger charge is -2.44. The van der Waals surface area contributed by atoms with Crippen LogP contribution in [0.1, 0.15) is 51.7 Å². The molecule has 1 aromatic heterocycles. The van der Waals surface area contributed by atoms with Crippen LogP contribution >= 0.6 is 0 Å². The number of aryl methyl sites for hydroxylation is 1. The van der Waals surface area contributed by atoms with E-state index in [9.17, 15) is 28.3 Å². The Kier molecular flexibility index (Phi) is 5.62. The number of carbonyl (C=O) groups excluding carboxylic acids is 2. The molecule has 1 aromatic carbocycles. The largest absolute Gasteiger partial charge is 0.502 e. The molecule has 0 saturated carbocycles. The normalized spacial score (nSPS) is 20.4. The number of nitrogens with one attached hydrogen (secondary N) is 1. The summed E-state index contributed by atoms with van der Waals surface area (Å²) >= 11 is 0. The van der Waals surface area contributed by atoms with Crippen LogP contribution in [-0.2, 0) is 6.54 Å². The second kappa shape index (κ2) is 8.25. The summed E-state index contributed by atoms with van der Waals surface area (Å²) in [5.41, 5.74) is -0.721. The van der Waals surface area contributed by atoms with Gasteiger partial charge in [-0.2, -0.15) is 0 Å². The van der Waals surface area contributed by atoms with Crippen molar-refractivity contribution in [2.24, 2.45) is 0 Å². The smallest absolute Gasteiger partial charge is 0.277 e. The van der Waals surface area contributed by atoms with Crippen molar-refractivity contribution in [2.45, 2.75) is 45.4 Å². The molecule has 2 N–H and O–H groups in total. The van der Waals surface area contributed by atoms with E-state index in [1.165, 1.54) is 27.9 Å². The van der Waals surface area contributed by atoms with Gasteiger partial charge in [0.25, 0.3) is 11.8 Å². The zero-order valence-electron chi connectivity index (χ0n) is 17.8. The van der Waals surface area contributed by atoms with Crippen LogP contribution in [0.15, 0.2) is 29.2 Å². The first-order chi connectivity index (χ1) is 15.2. The van der Waals surface area contributed by atoms with Crippen molar-refractivity contribution in [1.29, 1.82) is 0 Å². The van der Waals surface area contributed by atoms with Gasteiger partial charge >= 0.3 is 0 Å². The maximum absolute atomic E-state index is 14.1. The minimum Gasteiger partial charge on any atom is -0.502 e. The van der Waals surface area contributed by atoms with Gasteiger partial charge < -0.3 is 15.3 Å². The highest BCUT2D eigenvalue weighted by atomic mass is 19.1. The first-order valence-corrected chi connectivity index (χ1v) is 10.4. The molecule has 0 aliphatic carbocycles. The van der Waals surface area contributed by atoms with E-state index in [4.69, 9.17) is 0 Å². The van der Waals surface area contributed by atoms with E-state index >= 15 is 0 Å². The van der Waals surface area contributed by atoms with E-state index in [0.29, 0.717) is 6.42 Å². The Hall–Kier alpha value is -3.43. The average molecular weight is 446 g/mol. The van der Waals surface area contributed by atoms with E-state index in [1.54, 1.807) is 18.0 Å². The number of carbonyl (C=O) groups is 2. The first-order valence-electron chi connectivity index (χ1n) is 10.4. The van der Waals surface area contributed by atoms with Crippen LogP contribution in [-0.4, -0.2) is 51.9 Å². The number of aromatic hydroxyl groups is 1. The Bertz CT molecular complexity index is 1150. The molecule has 0 unspecified atom stereocenters. The number of hydrogen-bond acceptors (Lipinski definition) is 5. The molecule has 2 amide bonds. The van der Waals surface area contributed by atoms with Crippen molar-refractivity contribution in [3.05, 3.63) is 62.8 Å². The molecular formula is C22H24F2N4O4. The molecule has 3 heterocycles. The van der Waals surface area contributed by atoms with Crippen molar-refractivity contribution in [3.63, 3.8) is 0 Å². The Morgan fingerprint density at radius 3 is 2.75 bits per heavy atom. The lowest BCUT2D eigenvalue weighted by molar-refractivity contribution is 0.0582. The van der Waals surface area contributed by atoms with Gasteiger partial charge in [-0.05, 0) is 38.3 Å². The fourth-order valence-electron chi connectivity index (χ4n) is 4.07. The van der Waals surface area contributed by atoms with E-state index in [1.807, 2.05) is 6.92 Å². The van der Waals surface area contributed by atoms with Crippen molar-refractivity contribution < 1.29 is 23.5 Å². The SMILES string of the molecule is Cc1ccc(CNC(=O)c2cn3c(c(O)c2=O)C(=O)N2C[C@H](F)CC[C@@H](C)N3C2)c(F)c1. The van der Waals surface area contributed by atoms with Crippen LogP contribution in [0.3, 0.4) is 0 Å². The third-order valence-electron chi connectivity index (χ3n) is 5.96. The molecule has 2 aliphatic heterocycles. The molecule has 170 valence electrons. The first kappa shape index (κ1) is 21.8. The third kappa shape index (κ3) is 3.80. The van der Waals surface area contributed by atoms with Gasteiger partial charge in [-0.3, -0.25) is 24.1 Å². The molecular weight excluding hydrogens is 422 g/mol. The average Bonchev–Trinajstić information content (AvgIpc) is 2.74. The summed E-state index contributed by atoms with van der Waals surface area (Å²) in [5.74, 6) is -2.84. The van der Waals surface area contributed by atoms with Crippen LogP contribution < -0.4 is 15.8 Å². The fourth-order valence-corrected chi connectivity index (χ4v) is 4.07. The van der Waals surface area contributed by atoms with Crippen LogP contribution in [0, 0.1) is 12.7 Å². The number of amides is 2. The number of pyridine rings is 1. The van der Waals surface area contributed by atoms with Gasteiger partial charge in [0.05, 0.1) is 6.54 Å². The van der Waals surface area contributed by atoms with Crippen molar-refractivity contribution >= 4 is 11.8 Å². The Balaban J connectivity index is 1.68. The highest BCUT2D eigenvalue weighted by Crippen LogP contribution is 2.26. The van der Waals surface area contributed by atoms with E-state index in [-0.39, 0.29) is 49.0 Å². The van der Waals surface area contributed by atoms with Crippen LogP contribution in [0.2, 0.25) is 0 Å². The van der Waals surface area contributed by atoms with Crippen LogP contribution in [0.5, 0.6) is 5.75 Å². The van der Waals surface area contributed by atoms with Crippen LogP contribution in [0.25, 0.3) is 0 Å². The molecule has 8 nitrogen and oxygen atoms in total. The van der Waals surface area contributed by atoms with Gasteiger partial charge in [-0.25, -0.2) is 8.78 Å². The summed E-state index contributed by atoms with van der Waals surface area (Å²) in [6.45, 7) is 3.35. The fraction of sp³-hybridized carbons (Fsp3) is 0.409. The highest BCUT2D eigenvalue weighted by Gasteiger charge is 2.38. The summed E-state index contributed by atoms with van der Waals surface area (Å²) in [5, 5.41) is 14.7. The van der Waals surface area contributed by atoms with Gasteiger partial charge in [0.15, 0.2) is 11.4 Å².